The van der Waals surface area contributed by atoms with E-state index in [1.807, 2.05) is 43.3 Å². The number of esters is 1. The topological polar surface area (TPSA) is 122 Å². The van der Waals surface area contributed by atoms with Crippen LogP contribution in [0.2, 0.25) is 0 Å². The molecule has 1 unspecified atom stereocenters. The number of nitrogens with zero attached hydrogens (tertiary/aromatic N) is 1. The molecule has 3 rings (SSSR count). The first-order valence-corrected chi connectivity index (χ1v) is 9.78. The van der Waals surface area contributed by atoms with Gasteiger partial charge in [-0.1, -0.05) is 36.4 Å². The molecule has 2 aromatic carbocycles. The Hall–Kier alpha value is -3.88. The van der Waals surface area contributed by atoms with Crippen molar-refractivity contribution in [3.8, 4) is 5.75 Å². The summed E-state index contributed by atoms with van der Waals surface area (Å²) in [5.41, 5.74) is 1.83. The standard InChI is InChI=1S/C22H24N4O5/c1-14(15-7-4-6-10-18(15)30-2)24-19(27)13-31-20(28)11-12-23-22(29)21-16-8-3-5-9-17(16)25-26-21/h3-10,14H,11-13H2,1-2H3,(H,23,29)(H,24,27)(H,25,26). The van der Waals surface area contributed by atoms with Crippen molar-refractivity contribution in [3.63, 3.8) is 0 Å². The first-order valence-electron chi connectivity index (χ1n) is 9.78. The molecule has 1 atom stereocenters. The fourth-order valence-corrected chi connectivity index (χ4v) is 3.10. The Morgan fingerprint density at radius 1 is 1.10 bits per heavy atom. The number of para-hydroxylation sites is 2. The van der Waals surface area contributed by atoms with Gasteiger partial charge in [-0.3, -0.25) is 19.5 Å². The SMILES string of the molecule is COc1ccccc1C(C)NC(=O)COC(=O)CCNC(=O)c1n[nH]c2ccccc12. The van der Waals surface area contributed by atoms with Gasteiger partial charge in [-0.2, -0.15) is 5.10 Å². The molecule has 2 amide bonds. The van der Waals surface area contributed by atoms with Crippen LogP contribution in [0.3, 0.4) is 0 Å². The highest BCUT2D eigenvalue weighted by molar-refractivity contribution is 6.04. The summed E-state index contributed by atoms with van der Waals surface area (Å²) in [5, 5.41) is 12.9. The van der Waals surface area contributed by atoms with Crippen LogP contribution in [0.1, 0.15) is 35.4 Å². The Morgan fingerprint density at radius 3 is 2.65 bits per heavy atom. The van der Waals surface area contributed by atoms with Gasteiger partial charge < -0.3 is 20.1 Å². The number of hydrogen-bond donors (Lipinski definition) is 3. The lowest BCUT2D eigenvalue weighted by molar-refractivity contribution is -0.148. The second-order valence-corrected chi connectivity index (χ2v) is 6.82. The maximum atomic E-state index is 12.3. The molecule has 3 aromatic rings. The van der Waals surface area contributed by atoms with Crippen molar-refractivity contribution in [2.75, 3.05) is 20.3 Å². The molecule has 0 spiro atoms. The molecule has 162 valence electrons. The van der Waals surface area contributed by atoms with E-state index in [0.717, 1.165) is 11.1 Å². The summed E-state index contributed by atoms with van der Waals surface area (Å²) in [4.78, 5) is 36.2. The maximum Gasteiger partial charge on any atom is 0.308 e. The molecule has 0 saturated heterocycles. The largest absolute Gasteiger partial charge is 0.496 e. The van der Waals surface area contributed by atoms with Crippen LogP contribution in [0.15, 0.2) is 48.5 Å². The van der Waals surface area contributed by atoms with Gasteiger partial charge in [-0.05, 0) is 19.1 Å². The first-order chi connectivity index (χ1) is 15.0. The predicted molar refractivity (Wildman–Crippen MR) is 114 cm³/mol. The minimum absolute atomic E-state index is 0.0660. The summed E-state index contributed by atoms with van der Waals surface area (Å²) >= 11 is 0. The van der Waals surface area contributed by atoms with E-state index in [1.165, 1.54) is 0 Å². The fraction of sp³-hybridized carbons (Fsp3) is 0.273. The number of amides is 2. The molecule has 0 bridgehead atoms. The van der Waals surface area contributed by atoms with Crippen molar-refractivity contribution < 1.29 is 23.9 Å². The predicted octanol–water partition coefficient (Wildman–Crippen LogP) is 2.11. The molecule has 3 N–H and O–H groups in total. The average Bonchev–Trinajstić information content (AvgIpc) is 3.22. The molecule has 0 fully saturated rings. The van der Waals surface area contributed by atoms with E-state index in [1.54, 1.807) is 19.2 Å². The van der Waals surface area contributed by atoms with Gasteiger partial charge in [0, 0.05) is 17.5 Å². The average molecular weight is 424 g/mol. The molecule has 9 heteroatoms. The van der Waals surface area contributed by atoms with Crippen molar-refractivity contribution in [1.82, 2.24) is 20.8 Å². The Morgan fingerprint density at radius 2 is 1.84 bits per heavy atom. The Kier molecular flexibility index (Phi) is 7.21. The number of fused-ring (bicyclic) bond motifs is 1. The number of aromatic amines is 1. The van der Waals surface area contributed by atoms with E-state index in [2.05, 4.69) is 20.8 Å². The van der Waals surface area contributed by atoms with Gasteiger partial charge >= 0.3 is 5.97 Å². The minimum Gasteiger partial charge on any atom is -0.496 e. The van der Waals surface area contributed by atoms with Crippen LogP contribution in [0.5, 0.6) is 5.75 Å². The molecule has 0 aliphatic rings. The van der Waals surface area contributed by atoms with Crippen molar-refractivity contribution in [2.45, 2.75) is 19.4 Å². The van der Waals surface area contributed by atoms with Crippen LogP contribution < -0.4 is 15.4 Å². The van der Waals surface area contributed by atoms with Crippen LogP contribution in [0.4, 0.5) is 0 Å². The number of ether oxygens (including phenoxy) is 2. The normalized spacial score (nSPS) is 11.5. The number of benzene rings is 2. The molecule has 1 heterocycles. The van der Waals surface area contributed by atoms with Crippen LogP contribution in [0.25, 0.3) is 10.9 Å². The van der Waals surface area contributed by atoms with Crippen LogP contribution in [-0.4, -0.2) is 48.2 Å². The van der Waals surface area contributed by atoms with E-state index in [4.69, 9.17) is 9.47 Å². The number of hydrogen-bond acceptors (Lipinski definition) is 6. The smallest absolute Gasteiger partial charge is 0.308 e. The Balaban J connectivity index is 1.40. The quantitative estimate of drug-likeness (QED) is 0.452. The molecule has 0 radical (unpaired) electrons. The monoisotopic (exact) mass is 424 g/mol. The molecular weight excluding hydrogens is 400 g/mol. The van der Waals surface area contributed by atoms with Crippen molar-refractivity contribution in [3.05, 3.63) is 59.8 Å². The fourth-order valence-electron chi connectivity index (χ4n) is 3.10. The van der Waals surface area contributed by atoms with Gasteiger partial charge in [-0.15, -0.1) is 0 Å². The van der Waals surface area contributed by atoms with E-state index >= 15 is 0 Å². The Labute approximate surface area is 179 Å². The number of rotatable bonds is 9. The highest BCUT2D eigenvalue weighted by Gasteiger charge is 2.16. The second-order valence-electron chi connectivity index (χ2n) is 6.82. The third kappa shape index (κ3) is 5.59. The molecule has 0 saturated carbocycles. The summed E-state index contributed by atoms with van der Waals surface area (Å²) in [5.74, 6) is -0.757. The Bertz CT molecular complexity index is 1080. The van der Waals surface area contributed by atoms with E-state index < -0.39 is 24.4 Å². The molecule has 31 heavy (non-hydrogen) atoms. The van der Waals surface area contributed by atoms with Gasteiger partial charge in [-0.25, -0.2) is 0 Å². The number of nitrogens with one attached hydrogen (secondary N) is 3. The number of aromatic nitrogens is 2. The maximum absolute atomic E-state index is 12.3. The third-order valence-electron chi connectivity index (χ3n) is 4.65. The van der Waals surface area contributed by atoms with Crippen molar-refractivity contribution >= 4 is 28.7 Å². The summed E-state index contributed by atoms with van der Waals surface area (Å²) < 4.78 is 10.3. The van der Waals surface area contributed by atoms with Crippen LogP contribution in [0, 0.1) is 0 Å². The summed E-state index contributed by atoms with van der Waals surface area (Å²) in [6, 6.07) is 14.3. The lowest BCUT2D eigenvalue weighted by atomic mass is 10.1. The molecule has 0 aliphatic heterocycles. The highest BCUT2D eigenvalue weighted by Crippen LogP contribution is 2.24. The number of H-pyrrole nitrogens is 1. The number of methoxy groups -OCH3 is 1. The molecular formula is C22H24N4O5. The summed E-state index contributed by atoms with van der Waals surface area (Å²) in [6.45, 7) is 1.47. The number of carbonyl (C=O) groups excluding carboxylic acids is 3. The van der Waals surface area contributed by atoms with E-state index in [-0.39, 0.29) is 24.7 Å². The second kappa shape index (κ2) is 10.2. The van der Waals surface area contributed by atoms with Crippen molar-refractivity contribution in [2.24, 2.45) is 0 Å². The number of carbonyl (C=O) groups is 3. The summed E-state index contributed by atoms with van der Waals surface area (Å²) in [7, 11) is 1.56. The van der Waals surface area contributed by atoms with Gasteiger partial charge in [0.05, 0.1) is 25.1 Å². The zero-order valence-corrected chi connectivity index (χ0v) is 17.3. The van der Waals surface area contributed by atoms with Crippen LogP contribution in [-0.2, 0) is 14.3 Å². The zero-order chi connectivity index (χ0) is 22.2. The molecule has 1 aromatic heterocycles. The van der Waals surface area contributed by atoms with Crippen LogP contribution >= 0.6 is 0 Å². The van der Waals surface area contributed by atoms with Gasteiger partial charge in [0.2, 0.25) is 0 Å². The van der Waals surface area contributed by atoms with E-state index in [0.29, 0.717) is 11.1 Å². The first kappa shape index (κ1) is 21.8. The third-order valence-corrected chi connectivity index (χ3v) is 4.65. The van der Waals surface area contributed by atoms with Crippen molar-refractivity contribution in [1.29, 1.82) is 0 Å². The minimum atomic E-state index is -0.590. The lowest BCUT2D eigenvalue weighted by Gasteiger charge is -2.17. The summed E-state index contributed by atoms with van der Waals surface area (Å²) in [6.07, 6.45) is -0.0660. The molecule has 9 nitrogen and oxygen atoms in total. The molecule has 0 aliphatic carbocycles. The lowest BCUT2D eigenvalue weighted by Crippen LogP contribution is -2.32. The van der Waals surface area contributed by atoms with Gasteiger partial charge in [0.25, 0.3) is 11.8 Å². The zero-order valence-electron chi connectivity index (χ0n) is 17.3. The van der Waals surface area contributed by atoms with Gasteiger partial charge in [0.1, 0.15) is 5.75 Å². The van der Waals surface area contributed by atoms with E-state index in [9.17, 15) is 14.4 Å². The highest BCUT2D eigenvalue weighted by atomic mass is 16.5. The van der Waals surface area contributed by atoms with Gasteiger partial charge in [0.15, 0.2) is 12.3 Å².